The number of fused-ring (bicyclic) bond motifs is 1. The second-order valence-electron chi connectivity index (χ2n) is 5.46. The topological polar surface area (TPSA) is 59.3 Å². The molecule has 1 amide bonds. The van der Waals surface area contributed by atoms with Crippen LogP contribution in [0.2, 0.25) is 0 Å². The van der Waals surface area contributed by atoms with Crippen molar-refractivity contribution in [3.63, 3.8) is 0 Å². The van der Waals surface area contributed by atoms with Gasteiger partial charge in [-0.2, -0.15) is 13.2 Å². The highest BCUT2D eigenvalue weighted by molar-refractivity contribution is 5.78. The molecule has 0 fully saturated rings. The molecule has 1 aliphatic rings. The standard InChI is InChI=1S/C15H15F3N4O/c16-15(17,18)11-6-7-22-12(8-11)20-21-13(22)9-19-14(23)10-4-2-1-3-5-10/h1-2,6-8,10H,3-5,9H2,(H,19,23). The fourth-order valence-electron chi connectivity index (χ4n) is 2.58. The van der Waals surface area contributed by atoms with E-state index in [1.807, 2.05) is 12.2 Å². The van der Waals surface area contributed by atoms with Crippen LogP contribution in [0.3, 0.4) is 0 Å². The number of rotatable bonds is 3. The lowest BCUT2D eigenvalue weighted by molar-refractivity contribution is -0.137. The van der Waals surface area contributed by atoms with Crippen molar-refractivity contribution in [2.75, 3.05) is 0 Å². The van der Waals surface area contributed by atoms with Crippen molar-refractivity contribution in [1.29, 1.82) is 0 Å². The van der Waals surface area contributed by atoms with Gasteiger partial charge in [-0.3, -0.25) is 9.20 Å². The Kier molecular flexibility index (Phi) is 4.06. The number of carbonyl (C=O) groups is 1. The number of carbonyl (C=O) groups excluding carboxylic acids is 1. The van der Waals surface area contributed by atoms with Crippen LogP contribution in [-0.4, -0.2) is 20.5 Å². The maximum Gasteiger partial charge on any atom is 0.416 e. The molecule has 2 aromatic rings. The molecule has 23 heavy (non-hydrogen) atoms. The number of aromatic nitrogens is 3. The van der Waals surface area contributed by atoms with E-state index in [1.165, 1.54) is 10.6 Å². The van der Waals surface area contributed by atoms with Crippen molar-refractivity contribution in [3.8, 4) is 0 Å². The van der Waals surface area contributed by atoms with Crippen molar-refractivity contribution in [1.82, 2.24) is 19.9 Å². The minimum absolute atomic E-state index is 0.0592. The average molecular weight is 324 g/mol. The molecule has 3 rings (SSSR count). The van der Waals surface area contributed by atoms with Crippen LogP contribution in [0.15, 0.2) is 30.5 Å². The lowest BCUT2D eigenvalue weighted by atomic mass is 9.94. The highest BCUT2D eigenvalue weighted by atomic mass is 19.4. The molecule has 0 saturated heterocycles. The Morgan fingerprint density at radius 3 is 2.87 bits per heavy atom. The van der Waals surface area contributed by atoms with Crippen molar-refractivity contribution >= 4 is 11.6 Å². The molecule has 1 N–H and O–H groups in total. The number of pyridine rings is 1. The van der Waals surface area contributed by atoms with Crippen LogP contribution in [0.4, 0.5) is 13.2 Å². The first-order valence-corrected chi connectivity index (χ1v) is 7.29. The second kappa shape index (κ2) is 6.02. The summed E-state index contributed by atoms with van der Waals surface area (Å²) in [5.74, 6) is 0.266. The molecule has 2 aromatic heterocycles. The zero-order valence-corrected chi connectivity index (χ0v) is 12.2. The van der Waals surface area contributed by atoms with E-state index in [1.54, 1.807) is 0 Å². The molecule has 0 radical (unpaired) electrons. The summed E-state index contributed by atoms with van der Waals surface area (Å²) in [7, 11) is 0. The number of hydrogen-bond acceptors (Lipinski definition) is 3. The van der Waals surface area contributed by atoms with Crippen LogP contribution in [0.25, 0.3) is 5.65 Å². The van der Waals surface area contributed by atoms with Gasteiger partial charge in [0.1, 0.15) is 0 Å². The SMILES string of the molecule is O=C(NCc1nnc2cc(C(F)(F)F)ccn12)C1CC=CCC1. The number of amides is 1. The molecule has 0 bridgehead atoms. The van der Waals surface area contributed by atoms with Gasteiger partial charge in [-0.25, -0.2) is 0 Å². The first-order valence-electron chi connectivity index (χ1n) is 7.29. The highest BCUT2D eigenvalue weighted by Gasteiger charge is 2.31. The number of alkyl halides is 3. The van der Waals surface area contributed by atoms with Crippen LogP contribution in [0.5, 0.6) is 0 Å². The Labute approximate surface area is 130 Å². The summed E-state index contributed by atoms with van der Waals surface area (Å²) < 4.78 is 39.4. The third-order valence-corrected chi connectivity index (χ3v) is 3.87. The van der Waals surface area contributed by atoms with Crippen LogP contribution < -0.4 is 5.32 Å². The Morgan fingerprint density at radius 1 is 1.35 bits per heavy atom. The summed E-state index contributed by atoms with van der Waals surface area (Å²) in [5.41, 5.74) is -0.674. The van der Waals surface area contributed by atoms with Gasteiger partial charge in [0, 0.05) is 12.1 Å². The Morgan fingerprint density at radius 2 is 2.17 bits per heavy atom. The lowest BCUT2D eigenvalue weighted by Gasteiger charge is -2.16. The van der Waals surface area contributed by atoms with E-state index in [4.69, 9.17) is 0 Å². The van der Waals surface area contributed by atoms with Gasteiger partial charge in [0.15, 0.2) is 11.5 Å². The second-order valence-corrected chi connectivity index (χ2v) is 5.46. The molecule has 1 atom stereocenters. The fourth-order valence-corrected chi connectivity index (χ4v) is 2.58. The average Bonchev–Trinajstić information content (AvgIpc) is 2.95. The molecule has 2 heterocycles. The maximum atomic E-state index is 12.7. The summed E-state index contributed by atoms with van der Waals surface area (Å²) in [5, 5.41) is 10.4. The molecule has 1 unspecified atom stereocenters. The third kappa shape index (κ3) is 3.35. The van der Waals surface area contributed by atoms with E-state index >= 15 is 0 Å². The molecule has 0 spiro atoms. The maximum absolute atomic E-state index is 12.7. The Balaban J connectivity index is 1.71. The van der Waals surface area contributed by atoms with Crippen molar-refractivity contribution in [3.05, 3.63) is 41.9 Å². The van der Waals surface area contributed by atoms with Crippen molar-refractivity contribution in [2.24, 2.45) is 5.92 Å². The van der Waals surface area contributed by atoms with Crippen LogP contribution in [-0.2, 0) is 17.5 Å². The van der Waals surface area contributed by atoms with Crippen molar-refractivity contribution in [2.45, 2.75) is 32.0 Å². The Bertz CT molecular complexity index is 751. The van der Waals surface area contributed by atoms with Gasteiger partial charge in [0.25, 0.3) is 0 Å². The number of nitrogens with one attached hydrogen (secondary N) is 1. The fraction of sp³-hybridized carbons (Fsp3) is 0.400. The molecule has 8 heteroatoms. The third-order valence-electron chi connectivity index (χ3n) is 3.87. The lowest BCUT2D eigenvalue weighted by Crippen LogP contribution is -2.31. The van der Waals surface area contributed by atoms with E-state index < -0.39 is 11.7 Å². The van der Waals surface area contributed by atoms with Crippen molar-refractivity contribution < 1.29 is 18.0 Å². The smallest absolute Gasteiger partial charge is 0.349 e. The molecule has 1 aliphatic carbocycles. The summed E-state index contributed by atoms with van der Waals surface area (Å²) in [6.45, 7) is 0.131. The first-order chi connectivity index (χ1) is 10.9. The number of halogens is 3. The van der Waals surface area contributed by atoms with E-state index in [9.17, 15) is 18.0 Å². The minimum Gasteiger partial charge on any atom is -0.349 e. The van der Waals surface area contributed by atoms with Gasteiger partial charge in [0.05, 0.1) is 12.1 Å². The van der Waals surface area contributed by atoms with E-state index in [0.29, 0.717) is 12.2 Å². The molecule has 5 nitrogen and oxygen atoms in total. The summed E-state index contributed by atoms with van der Waals surface area (Å²) in [4.78, 5) is 12.1. The minimum atomic E-state index is -4.42. The molecule has 122 valence electrons. The predicted octanol–water partition coefficient (Wildman–Crippen LogP) is 2.72. The zero-order chi connectivity index (χ0) is 16.4. The molecule has 0 saturated carbocycles. The monoisotopic (exact) mass is 324 g/mol. The predicted molar refractivity (Wildman–Crippen MR) is 76.3 cm³/mol. The van der Waals surface area contributed by atoms with Crippen LogP contribution in [0.1, 0.15) is 30.7 Å². The van der Waals surface area contributed by atoms with Gasteiger partial charge in [-0.1, -0.05) is 12.2 Å². The molecular formula is C15H15F3N4O. The Hall–Kier alpha value is -2.38. The van der Waals surface area contributed by atoms with Gasteiger partial charge in [-0.05, 0) is 31.4 Å². The van der Waals surface area contributed by atoms with Gasteiger partial charge >= 0.3 is 6.18 Å². The van der Waals surface area contributed by atoms with Crippen LogP contribution in [0, 0.1) is 5.92 Å². The largest absolute Gasteiger partial charge is 0.416 e. The van der Waals surface area contributed by atoms with Gasteiger partial charge in [0.2, 0.25) is 5.91 Å². The normalized spacial score (nSPS) is 18.3. The summed E-state index contributed by atoms with van der Waals surface area (Å²) in [6.07, 6.45) is 3.28. The number of nitrogens with zero attached hydrogens (tertiary/aromatic N) is 3. The molecular weight excluding hydrogens is 309 g/mol. The van der Waals surface area contributed by atoms with E-state index in [-0.39, 0.29) is 24.0 Å². The number of hydrogen-bond donors (Lipinski definition) is 1. The van der Waals surface area contributed by atoms with E-state index in [0.717, 1.165) is 25.0 Å². The summed E-state index contributed by atoms with van der Waals surface area (Å²) >= 11 is 0. The number of allylic oxidation sites excluding steroid dienone is 2. The summed E-state index contributed by atoms with van der Waals surface area (Å²) in [6, 6.07) is 1.90. The first kappa shape index (κ1) is 15.5. The zero-order valence-electron chi connectivity index (χ0n) is 12.2. The molecule has 0 aromatic carbocycles. The quantitative estimate of drug-likeness (QED) is 0.883. The highest BCUT2D eigenvalue weighted by Crippen LogP contribution is 2.29. The van der Waals surface area contributed by atoms with Gasteiger partial charge in [-0.15, -0.1) is 10.2 Å². The van der Waals surface area contributed by atoms with E-state index in [2.05, 4.69) is 15.5 Å². The van der Waals surface area contributed by atoms with Crippen LogP contribution >= 0.6 is 0 Å². The molecule has 0 aliphatic heterocycles. The van der Waals surface area contributed by atoms with Gasteiger partial charge < -0.3 is 5.32 Å².